The van der Waals surface area contributed by atoms with Gasteiger partial charge in [-0.25, -0.2) is 0 Å². The van der Waals surface area contributed by atoms with Crippen LogP contribution in [0.2, 0.25) is 0 Å². The second kappa shape index (κ2) is 5.35. The van der Waals surface area contributed by atoms with Gasteiger partial charge in [0, 0.05) is 0 Å². The van der Waals surface area contributed by atoms with Gasteiger partial charge in [-0.15, -0.1) is 0 Å². The summed E-state index contributed by atoms with van der Waals surface area (Å²) in [6.07, 6.45) is 2.91. The summed E-state index contributed by atoms with van der Waals surface area (Å²) in [5, 5.41) is 0. The van der Waals surface area contributed by atoms with Crippen LogP contribution in [0.15, 0.2) is 11.6 Å². The first-order valence-electron chi connectivity index (χ1n) is 3.02. The predicted molar refractivity (Wildman–Crippen MR) is 36.1 cm³/mol. The van der Waals surface area contributed by atoms with Crippen molar-refractivity contribution in [2.45, 2.75) is 20.3 Å². The Bertz CT molecular complexity index is 105. The zero-order valence-corrected chi connectivity index (χ0v) is 5.89. The molecule has 0 spiro atoms. The monoisotopic (exact) mass is 128 g/mol. The maximum Gasteiger partial charge on any atom is 0.293 e. The molecule has 0 aliphatic carbocycles. The number of ether oxygens (including phenoxy) is 1. The van der Waals surface area contributed by atoms with Gasteiger partial charge in [0.25, 0.3) is 6.47 Å². The highest BCUT2D eigenvalue weighted by molar-refractivity contribution is 5.37. The smallest absolute Gasteiger partial charge is 0.293 e. The lowest BCUT2D eigenvalue weighted by atomic mass is 10.2. The third-order valence-electron chi connectivity index (χ3n) is 1.15. The SMILES string of the molecule is CC/C(C)=C/COC=O. The fraction of sp³-hybridized carbons (Fsp3) is 0.571. The van der Waals surface area contributed by atoms with Crippen molar-refractivity contribution in [3.63, 3.8) is 0 Å². The van der Waals surface area contributed by atoms with Crippen LogP contribution in [0.1, 0.15) is 20.3 Å². The molecule has 0 aliphatic heterocycles. The zero-order chi connectivity index (χ0) is 7.11. The van der Waals surface area contributed by atoms with E-state index < -0.39 is 0 Å². The first-order valence-corrected chi connectivity index (χ1v) is 3.02. The number of hydrogen-bond acceptors (Lipinski definition) is 2. The van der Waals surface area contributed by atoms with Gasteiger partial charge in [-0.05, 0) is 19.4 Å². The first-order chi connectivity index (χ1) is 4.31. The molecule has 0 aliphatic rings. The van der Waals surface area contributed by atoms with Crippen LogP contribution in [0.5, 0.6) is 0 Å². The Morgan fingerprint density at radius 2 is 2.33 bits per heavy atom. The lowest BCUT2D eigenvalue weighted by molar-refractivity contribution is -0.127. The van der Waals surface area contributed by atoms with Crippen molar-refractivity contribution < 1.29 is 9.53 Å². The Hall–Kier alpha value is -0.790. The fourth-order valence-corrected chi connectivity index (χ4v) is 0.374. The largest absolute Gasteiger partial charge is 0.464 e. The third-order valence-corrected chi connectivity index (χ3v) is 1.15. The van der Waals surface area contributed by atoms with E-state index in [-0.39, 0.29) is 0 Å². The average molecular weight is 128 g/mol. The Morgan fingerprint density at radius 3 is 2.78 bits per heavy atom. The third kappa shape index (κ3) is 5.07. The molecule has 9 heavy (non-hydrogen) atoms. The van der Waals surface area contributed by atoms with E-state index in [2.05, 4.69) is 11.7 Å². The molecule has 0 unspecified atom stereocenters. The second-order valence-corrected chi connectivity index (χ2v) is 1.83. The van der Waals surface area contributed by atoms with Gasteiger partial charge >= 0.3 is 0 Å². The minimum Gasteiger partial charge on any atom is -0.464 e. The molecule has 0 N–H and O–H groups in total. The number of allylic oxidation sites excluding steroid dienone is 1. The molecule has 2 nitrogen and oxygen atoms in total. The summed E-state index contributed by atoms with van der Waals surface area (Å²) < 4.78 is 4.45. The molecule has 0 radical (unpaired) electrons. The summed E-state index contributed by atoms with van der Waals surface area (Å²) in [7, 11) is 0. The Morgan fingerprint density at radius 1 is 1.67 bits per heavy atom. The molecule has 0 atom stereocenters. The summed E-state index contributed by atoms with van der Waals surface area (Å²) in [6.45, 7) is 4.93. The van der Waals surface area contributed by atoms with Crippen molar-refractivity contribution in [1.29, 1.82) is 0 Å². The highest BCUT2D eigenvalue weighted by Crippen LogP contribution is 1.95. The summed E-state index contributed by atoms with van der Waals surface area (Å²) in [5.74, 6) is 0. The molecule has 52 valence electrons. The van der Waals surface area contributed by atoms with Crippen LogP contribution >= 0.6 is 0 Å². The van der Waals surface area contributed by atoms with Crippen molar-refractivity contribution in [3.05, 3.63) is 11.6 Å². The number of carbonyl (C=O) groups excluding carboxylic acids is 1. The quantitative estimate of drug-likeness (QED) is 0.326. The average Bonchev–Trinajstić information content (AvgIpc) is 1.89. The summed E-state index contributed by atoms with van der Waals surface area (Å²) in [5.41, 5.74) is 1.25. The lowest BCUT2D eigenvalue weighted by Crippen LogP contribution is -1.87. The molecule has 0 aromatic heterocycles. The van der Waals surface area contributed by atoms with Crippen LogP contribution in [-0.2, 0) is 9.53 Å². The maximum atomic E-state index is 9.62. The van der Waals surface area contributed by atoms with E-state index in [0.29, 0.717) is 13.1 Å². The van der Waals surface area contributed by atoms with E-state index in [1.807, 2.05) is 13.0 Å². The van der Waals surface area contributed by atoms with Gasteiger partial charge in [0.2, 0.25) is 0 Å². The van der Waals surface area contributed by atoms with Gasteiger partial charge in [0.1, 0.15) is 6.61 Å². The van der Waals surface area contributed by atoms with Crippen LogP contribution < -0.4 is 0 Å². The van der Waals surface area contributed by atoms with Crippen LogP contribution in [0, 0.1) is 0 Å². The maximum absolute atomic E-state index is 9.62. The van der Waals surface area contributed by atoms with Gasteiger partial charge in [0.05, 0.1) is 0 Å². The van der Waals surface area contributed by atoms with E-state index in [0.717, 1.165) is 6.42 Å². The Balaban J connectivity index is 3.31. The predicted octanol–water partition coefficient (Wildman–Crippen LogP) is 1.52. The second-order valence-electron chi connectivity index (χ2n) is 1.83. The van der Waals surface area contributed by atoms with Crippen molar-refractivity contribution in [3.8, 4) is 0 Å². The van der Waals surface area contributed by atoms with E-state index in [1.165, 1.54) is 5.57 Å². The number of carbonyl (C=O) groups is 1. The van der Waals surface area contributed by atoms with Crippen LogP contribution in [0.25, 0.3) is 0 Å². The van der Waals surface area contributed by atoms with Crippen LogP contribution in [0.4, 0.5) is 0 Å². The van der Waals surface area contributed by atoms with Gasteiger partial charge in [-0.3, -0.25) is 4.79 Å². The Kier molecular flexibility index (Phi) is 4.88. The fourth-order valence-electron chi connectivity index (χ4n) is 0.374. The summed E-state index contributed by atoms with van der Waals surface area (Å²) >= 11 is 0. The van der Waals surface area contributed by atoms with Crippen LogP contribution in [0.3, 0.4) is 0 Å². The molecular formula is C7H12O2. The van der Waals surface area contributed by atoms with E-state index >= 15 is 0 Å². The molecule has 0 saturated carbocycles. The van der Waals surface area contributed by atoms with Gasteiger partial charge in [-0.1, -0.05) is 12.5 Å². The highest BCUT2D eigenvalue weighted by Gasteiger charge is 1.81. The van der Waals surface area contributed by atoms with Gasteiger partial charge in [-0.2, -0.15) is 0 Å². The van der Waals surface area contributed by atoms with Gasteiger partial charge in [0.15, 0.2) is 0 Å². The number of rotatable bonds is 4. The molecule has 0 bridgehead atoms. The lowest BCUT2D eigenvalue weighted by Gasteiger charge is -1.93. The van der Waals surface area contributed by atoms with Gasteiger partial charge < -0.3 is 4.74 Å². The molecule has 0 fully saturated rings. The minimum absolute atomic E-state index is 0.406. The molecule has 0 heterocycles. The standard InChI is InChI=1S/C7H12O2/c1-3-7(2)4-5-9-6-8/h4,6H,3,5H2,1-2H3/b7-4+. The Labute approximate surface area is 55.5 Å². The number of hydrogen-bond donors (Lipinski definition) is 0. The molecule has 0 saturated heterocycles. The molecule has 0 rings (SSSR count). The van der Waals surface area contributed by atoms with E-state index in [1.54, 1.807) is 0 Å². The molecular weight excluding hydrogens is 116 g/mol. The zero-order valence-electron chi connectivity index (χ0n) is 5.89. The van der Waals surface area contributed by atoms with E-state index in [4.69, 9.17) is 0 Å². The van der Waals surface area contributed by atoms with Crippen molar-refractivity contribution in [2.75, 3.05) is 6.61 Å². The summed E-state index contributed by atoms with van der Waals surface area (Å²) in [4.78, 5) is 9.62. The molecule has 0 aromatic rings. The molecule has 0 amide bonds. The molecule has 0 aromatic carbocycles. The van der Waals surface area contributed by atoms with Crippen molar-refractivity contribution in [2.24, 2.45) is 0 Å². The minimum atomic E-state index is 0.406. The first kappa shape index (κ1) is 8.21. The van der Waals surface area contributed by atoms with Crippen molar-refractivity contribution in [1.82, 2.24) is 0 Å². The van der Waals surface area contributed by atoms with E-state index in [9.17, 15) is 4.79 Å². The van der Waals surface area contributed by atoms with Crippen LogP contribution in [-0.4, -0.2) is 13.1 Å². The molecule has 2 heteroatoms. The highest BCUT2D eigenvalue weighted by atomic mass is 16.5. The normalized spacial score (nSPS) is 11.1. The van der Waals surface area contributed by atoms with Crippen molar-refractivity contribution >= 4 is 6.47 Å². The summed E-state index contributed by atoms with van der Waals surface area (Å²) in [6, 6.07) is 0. The topological polar surface area (TPSA) is 26.3 Å².